The summed E-state index contributed by atoms with van der Waals surface area (Å²) in [6, 6.07) is 8.69. The first-order valence-corrected chi connectivity index (χ1v) is 11.7. The lowest BCUT2D eigenvalue weighted by molar-refractivity contribution is -0.171. The van der Waals surface area contributed by atoms with Crippen molar-refractivity contribution in [3.8, 4) is 5.75 Å². The summed E-state index contributed by atoms with van der Waals surface area (Å²) < 4.78 is 13.4. The molecule has 1 saturated heterocycles. The summed E-state index contributed by atoms with van der Waals surface area (Å²) in [4.78, 5) is 4.90. The van der Waals surface area contributed by atoms with Crippen molar-refractivity contribution in [1.29, 1.82) is 0 Å². The molecule has 1 spiro atoms. The molecule has 3 atom stereocenters. The van der Waals surface area contributed by atoms with Gasteiger partial charge in [-0.3, -0.25) is 0 Å². The molecule has 2 saturated carbocycles. The highest BCUT2D eigenvalue weighted by molar-refractivity contribution is 14.0. The minimum atomic E-state index is 0. The first-order chi connectivity index (χ1) is 15.6. The maximum absolute atomic E-state index is 6.09. The molecule has 9 heteroatoms. The van der Waals surface area contributed by atoms with Crippen molar-refractivity contribution >= 4 is 29.9 Å². The number of aromatic nitrogens is 3. The monoisotopic (exact) mass is 566 g/mol. The molecule has 1 aromatic carbocycles. The van der Waals surface area contributed by atoms with Gasteiger partial charge < -0.3 is 24.7 Å². The van der Waals surface area contributed by atoms with Gasteiger partial charge in [-0.2, -0.15) is 0 Å². The van der Waals surface area contributed by atoms with E-state index in [0.717, 1.165) is 49.4 Å². The fourth-order valence-electron chi connectivity index (χ4n) is 5.61. The molecule has 0 bridgehead atoms. The van der Waals surface area contributed by atoms with Gasteiger partial charge in [0.2, 0.25) is 0 Å². The molecule has 0 amide bonds. The highest BCUT2D eigenvalue weighted by atomic mass is 127. The van der Waals surface area contributed by atoms with Crippen LogP contribution in [0, 0.1) is 18.3 Å². The van der Waals surface area contributed by atoms with Gasteiger partial charge in [0.25, 0.3) is 0 Å². The smallest absolute Gasteiger partial charge is 0.191 e. The lowest BCUT2D eigenvalue weighted by Crippen LogP contribution is -2.72. The summed E-state index contributed by atoms with van der Waals surface area (Å²) >= 11 is 0. The number of aliphatic imine (C=N–C) groups is 1. The minimum absolute atomic E-state index is 0. The van der Waals surface area contributed by atoms with Crippen molar-refractivity contribution < 1.29 is 9.47 Å². The summed E-state index contributed by atoms with van der Waals surface area (Å²) in [6.45, 7) is 4.16. The van der Waals surface area contributed by atoms with Crippen LogP contribution in [0.1, 0.15) is 42.9 Å². The third-order valence-corrected chi connectivity index (χ3v) is 7.75. The van der Waals surface area contributed by atoms with Crippen LogP contribution in [0.25, 0.3) is 0 Å². The predicted molar refractivity (Wildman–Crippen MR) is 138 cm³/mol. The van der Waals surface area contributed by atoms with Crippen LogP contribution in [0.4, 0.5) is 0 Å². The van der Waals surface area contributed by atoms with Gasteiger partial charge >= 0.3 is 0 Å². The van der Waals surface area contributed by atoms with E-state index in [2.05, 4.69) is 33.0 Å². The molecule has 8 nitrogen and oxygen atoms in total. The first kappa shape index (κ1) is 24.3. The van der Waals surface area contributed by atoms with Gasteiger partial charge in [-0.05, 0) is 50.3 Å². The summed E-state index contributed by atoms with van der Waals surface area (Å²) in [5.74, 6) is 4.11. The van der Waals surface area contributed by atoms with Gasteiger partial charge in [0, 0.05) is 37.6 Å². The van der Waals surface area contributed by atoms with Gasteiger partial charge in [-0.25, -0.2) is 4.99 Å². The SMILES string of the molecule is COc1ccc(CCNC(=NCc2nnc(C)n2C)NC2C3CCOC3C23CCC3)cc1.I. The Labute approximate surface area is 213 Å². The molecule has 180 valence electrons. The Balaban J connectivity index is 0.00000259. The molecule has 3 fully saturated rings. The van der Waals surface area contributed by atoms with Crippen LogP contribution >= 0.6 is 24.0 Å². The molecule has 1 aromatic heterocycles. The maximum atomic E-state index is 6.09. The van der Waals surface area contributed by atoms with E-state index in [1.54, 1.807) is 7.11 Å². The van der Waals surface area contributed by atoms with Crippen LogP contribution in [-0.2, 0) is 24.8 Å². The topological polar surface area (TPSA) is 85.6 Å². The van der Waals surface area contributed by atoms with Gasteiger partial charge in [-0.1, -0.05) is 18.6 Å². The third kappa shape index (κ3) is 4.58. The zero-order chi connectivity index (χ0) is 22.1. The third-order valence-electron chi connectivity index (χ3n) is 7.75. The molecular weight excluding hydrogens is 531 g/mol. The molecule has 2 N–H and O–H groups in total. The minimum Gasteiger partial charge on any atom is -0.497 e. The molecule has 2 heterocycles. The Kier molecular flexibility index (Phi) is 7.47. The van der Waals surface area contributed by atoms with E-state index in [4.69, 9.17) is 14.5 Å². The van der Waals surface area contributed by atoms with Crippen molar-refractivity contribution in [1.82, 2.24) is 25.4 Å². The number of aryl methyl sites for hydroxylation is 1. The summed E-state index contributed by atoms with van der Waals surface area (Å²) in [5.41, 5.74) is 1.57. The van der Waals surface area contributed by atoms with Gasteiger partial charge in [-0.15, -0.1) is 34.2 Å². The fraction of sp³-hybridized carbons (Fsp3) is 0.625. The van der Waals surface area contributed by atoms with E-state index in [1.807, 2.05) is 30.7 Å². The number of hydrogen-bond acceptors (Lipinski definition) is 5. The summed E-state index contributed by atoms with van der Waals surface area (Å²) in [6.07, 6.45) is 6.32. The number of guanidine groups is 1. The number of nitrogens with zero attached hydrogens (tertiary/aromatic N) is 4. The quantitative estimate of drug-likeness (QED) is 0.305. The molecular formula is C24H35IN6O2. The van der Waals surface area contributed by atoms with Gasteiger partial charge in [0.1, 0.15) is 18.1 Å². The number of fused-ring (bicyclic) bond motifs is 2. The zero-order valence-corrected chi connectivity index (χ0v) is 22.0. The Hall–Kier alpha value is -1.88. The second kappa shape index (κ2) is 10.2. The molecule has 3 unspecified atom stereocenters. The van der Waals surface area contributed by atoms with E-state index in [1.165, 1.54) is 24.8 Å². The number of hydrogen-bond donors (Lipinski definition) is 2. The molecule has 5 rings (SSSR count). The van der Waals surface area contributed by atoms with E-state index in [0.29, 0.717) is 30.0 Å². The van der Waals surface area contributed by atoms with Crippen LogP contribution in [0.3, 0.4) is 0 Å². The van der Waals surface area contributed by atoms with Crippen molar-refractivity contribution in [2.24, 2.45) is 23.4 Å². The van der Waals surface area contributed by atoms with Crippen molar-refractivity contribution in [2.75, 3.05) is 20.3 Å². The average molecular weight is 566 g/mol. The van der Waals surface area contributed by atoms with Crippen molar-refractivity contribution in [3.63, 3.8) is 0 Å². The second-order valence-electron chi connectivity index (χ2n) is 9.36. The summed E-state index contributed by atoms with van der Waals surface area (Å²) in [7, 11) is 3.68. The van der Waals surface area contributed by atoms with E-state index < -0.39 is 0 Å². The van der Waals surface area contributed by atoms with Crippen LogP contribution < -0.4 is 15.4 Å². The molecule has 2 aliphatic carbocycles. The van der Waals surface area contributed by atoms with Crippen LogP contribution in [0.2, 0.25) is 0 Å². The first-order valence-electron chi connectivity index (χ1n) is 11.7. The Morgan fingerprint density at radius 1 is 1.27 bits per heavy atom. The lowest BCUT2D eigenvalue weighted by Gasteiger charge is -2.63. The number of ether oxygens (including phenoxy) is 2. The molecule has 2 aromatic rings. The van der Waals surface area contributed by atoms with E-state index in [9.17, 15) is 0 Å². The average Bonchev–Trinajstić information content (AvgIpc) is 3.33. The predicted octanol–water partition coefficient (Wildman–Crippen LogP) is 2.99. The second-order valence-corrected chi connectivity index (χ2v) is 9.36. The largest absolute Gasteiger partial charge is 0.497 e. The number of benzene rings is 1. The highest BCUT2D eigenvalue weighted by Gasteiger charge is 2.66. The standard InChI is InChI=1S/C24H34N6O2.HI/c1-16-28-29-20(30(16)2)15-26-23(25-13-9-17-5-7-18(31-3)8-6-17)27-21-19-10-14-32-22(19)24(21)11-4-12-24;/h5-8,19,21-22H,4,9-15H2,1-3H3,(H2,25,26,27);1H. The van der Waals surface area contributed by atoms with Gasteiger partial charge in [0.05, 0.1) is 13.2 Å². The Morgan fingerprint density at radius 3 is 2.70 bits per heavy atom. The fourth-order valence-corrected chi connectivity index (χ4v) is 5.61. The lowest BCUT2D eigenvalue weighted by atomic mass is 9.46. The molecule has 3 aliphatic rings. The van der Waals surface area contributed by atoms with Crippen LogP contribution in [0.15, 0.2) is 29.3 Å². The molecule has 1 aliphatic heterocycles. The van der Waals surface area contributed by atoms with E-state index >= 15 is 0 Å². The number of rotatable bonds is 7. The molecule has 0 radical (unpaired) electrons. The number of halogens is 1. The van der Waals surface area contributed by atoms with Crippen LogP contribution in [0.5, 0.6) is 5.75 Å². The van der Waals surface area contributed by atoms with E-state index in [-0.39, 0.29) is 24.0 Å². The maximum Gasteiger partial charge on any atom is 0.191 e. The molecule has 33 heavy (non-hydrogen) atoms. The Bertz CT molecular complexity index is 972. The Morgan fingerprint density at radius 2 is 2.06 bits per heavy atom. The number of methoxy groups -OCH3 is 1. The van der Waals surface area contributed by atoms with Crippen molar-refractivity contribution in [2.45, 2.75) is 57.7 Å². The normalized spacial score (nSPS) is 24.9. The number of nitrogens with one attached hydrogen (secondary N) is 2. The van der Waals surface area contributed by atoms with Gasteiger partial charge in [0.15, 0.2) is 11.8 Å². The summed E-state index contributed by atoms with van der Waals surface area (Å²) in [5, 5.41) is 15.8. The van der Waals surface area contributed by atoms with Crippen LogP contribution in [-0.4, -0.2) is 53.1 Å². The highest BCUT2D eigenvalue weighted by Crippen LogP contribution is 2.62. The van der Waals surface area contributed by atoms with Crippen molar-refractivity contribution in [3.05, 3.63) is 41.5 Å². The zero-order valence-electron chi connectivity index (χ0n) is 19.7.